The molecule has 1 N–H and O–H groups in total. The molecule has 4 heteroatoms. The molecule has 1 aliphatic rings. The van der Waals surface area contributed by atoms with Crippen molar-refractivity contribution in [2.45, 2.75) is 51.9 Å². The highest BCUT2D eigenvalue weighted by Gasteiger charge is 2.23. The second-order valence-corrected chi connectivity index (χ2v) is 4.73. The monoisotopic (exact) mass is 223 g/mol. The van der Waals surface area contributed by atoms with E-state index in [2.05, 4.69) is 37.3 Å². The lowest BCUT2D eigenvalue weighted by Crippen LogP contribution is -2.34. The van der Waals surface area contributed by atoms with Crippen molar-refractivity contribution in [2.24, 2.45) is 0 Å². The number of ether oxygens (including phenoxy) is 1. The Morgan fingerprint density at radius 2 is 2.44 bits per heavy atom. The van der Waals surface area contributed by atoms with Gasteiger partial charge in [0.05, 0.1) is 11.8 Å². The van der Waals surface area contributed by atoms with E-state index in [4.69, 9.17) is 4.74 Å². The van der Waals surface area contributed by atoms with E-state index in [0.29, 0.717) is 18.2 Å². The van der Waals surface area contributed by atoms with Crippen LogP contribution in [0.3, 0.4) is 0 Å². The molecular weight excluding hydrogens is 202 g/mol. The lowest BCUT2D eigenvalue weighted by Gasteiger charge is -2.14. The molecule has 1 saturated heterocycles. The van der Waals surface area contributed by atoms with Crippen LogP contribution in [-0.2, 0) is 11.3 Å². The number of aromatic nitrogens is 2. The third-order valence-electron chi connectivity index (χ3n) is 3.11. The molecule has 90 valence electrons. The first-order chi connectivity index (χ1) is 7.66. The van der Waals surface area contributed by atoms with Gasteiger partial charge in [0.15, 0.2) is 0 Å². The second kappa shape index (κ2) is 4.97. The number of nitrogens with one attached hydrogen (secondary N) is 1. The van der Waals surface area contributed by atoms with Gasteiger partial charge in [-0.1, -0.05) is 0 Å². The van der Waals surface area contributed by atoms with Gasteiger partial charge in [0.1, 0.15) is 0 Å². The van der Waals surface area contributed by atoms with Gasteiger partial charge in [-0.2, -0.15) is 5.10 Å². The Bertz CT molecular complexity index is 335. The molecule has 1 aromatic heterocycles. The van der Waals surface area contributed by atoms with Crippen LogP contribution >= 0.6 is 0 Å². The summed E-state index contributed by atoms with van der Waals surface area (Å²) in [5.41, 5.74) is 1.10. The maximum Gasteiger partial charge on any atom is 0.0762 e. The molecule has 2 unspecified atom stereocenters. The summed E-state index contributed by atoms with van der Waals surface area (Å²) in [5.74, 6) is 0. The zero-order valence-corrected chi connectivity index (χ0v) is 10.3. The molecule has 1 fully saturated rings. The van der Waals surface area contributed by atoms with Crippen molar-refractivity contribution in [1.29, 1.82) is 0 Å². The third-order valence-corrected chi connectivity index (χ3v) is 3.11. The van der Waals surface area contributed by atoms with Crippen LogP contribution in [0.5, 0.6) is 0 Å². The first-order valence-corrected chi connectivity index (χ1v) is 6.06. The summed E-state index contributed by atoms with van der Waals surface area (Å²) in [6.07, 6.45) is 3.47. The van der Waals surface area contributed by atoms with E-state index in [1.165, 1.54) is 0 Å². The smallest absolute Gasteiger partial charge is 0.0762 e. The fraction of sp³-hybridized carbons (Fsp3) is 0.750. The van der Waals surface area contributed by atoms with Crippen molar-refractivity contribution >= 4 is 0 Å². The molecule has 0 amide bonds. The van der Waals surface area contributed by atoms with Crippen LogP contribution in [0.2, 0.25) is 0 Å². The Morgan fingerprint density at radius 1 is 1.62 bits per heavy atom. The largest absolute Gasteiger partial charge is 0.377 e. The standard InChI is InChI=1S/C12H21N3O/c1-9(2)15-6-4-11(14-15)8-13-12-5-7-16-10(12)3/h4,6,9-10,12-13H,5,7-8H2,1-3H3. The molecular formula is C12H21N3O. The highest BCUT2D eigenvalue weighted by atomic mass is 16.5. The minimum atomic E-state index is 0.326. The SMILES string of the molecule is CC1OCCC1NCc1ccn(C(C)C)n1. The summed E-state index contributed by atoms with van der Waals surface area (Å²) in [6, 6.07) is 2.99. The Hall–Kier alpha value is -0.870. The Labute approximate surface area is 97.0 Å². The summed E-state index contributed by atoms with van der Waals surface area (Å²) in [5, 5.41) is 8.01. The summed E-state index contributed by atoms with van der Waals surface area (Å²) < 4.78 is 7.50. The van der Waals surface area contributed by atoms with Gasteiger partial charge in [0.2, 0.25) is 0 Å². The van der Waals surface area contributed by atoms with Crippen molar-refractivity contribution in [3.8, 4) is 0 Å². The van der Waals surface area contributed by atoms with Crippen molar-refractivity contribution in [3.63, 3.8) is 0 Å². The minimum absolute atomic E-state index is 0.326. The first-order valence-electron chi connectivity index (χ1n) is 6.06. The molecule has 0 bridgehead atoms. The Kier molecular flexibility index (Phi) is 3.61. The molecule has 0 radical (unpaired) electrons. The third kappa shape index (κ3) is 2.62. The van der Waals surface area contributed by atoms with Gasteiger partial charge in [-0.15, -0.1) is 0 Å². The van der Waals surface area contributed by atoms with E-state index >= 15 is 0 Å². The Balaban J connectivity index is 1.84. The lowest BCUT2D eigenvalue weighted by atomic mass is 10.1. The molecule has 2 atom stereocenters. The average molecular weight is 223 g/mol. The fourth-order valence-electron chi connectivity index (χ4n) is 1.99. The van der Waals surface area contributed by atoms with Gasteiger partial charge in [-0.25, -0.2) is 0 Å². The van der Waals surface area contributed by atoms with Crippen molar-refractivity contribution in [2.75, 3.05) is 6.61 Å². The molecule has 2 heterocycles. The van der Waals surface area contributed by atoms with Crippen molar-refractivity contribution in [3.05, 3.63) is 18.0 Å². The van der Waals surface area contributed by atoms with Crippen LogP contribution < -0.4 is 5.32 Å². The summed E-state index contributed by atoms with van der Waals surface area (Å²) >= 11 is 0. The number of rotatable bonds is 4. The van der Waals surface area contributed by atoms with Crippen LogP contribution in [0.1, 0.15) is 38.9 Å². The molecule has 1 aromatic rings. The molecule has 2 rings (SSSR count). The zero-order valence-electron chi connectivity index (χ0n) is 10.3. The highest BCUT2D eigenvalue weighted by molar-refractivity contribution is 4.99. The second-order valence-electron chi connectivity index (χ2n) is 4.73. The summed E-state index contributed by atoms with van der Waals surface area (Å²) in [6.45, 7) is 8.10. The molecule has 0 aliphatic carbocycles. The zero-order chi connectivity index (χ0) is 11.5. The first kappa shape index (κ1) is 11.6. The van der Waals surface area contributed by atoms with Crippen LogP contribution in [0, 0.1) is 0 Å². The van der Waals surface area contributed by atoms with Gasteiger partial charge in [0, 0.05) is 31.4 Å². The van der Waals surface area contributed by atoms with Gasteiger partial charge in [-0.3, -0.25) is 4.68 Å². The summed E-state index contributed by atoms with van der Waals surface area (Å²) in [4.78, 5) is 0. The van der Waals surface area contributed by atoms with Crippen LogP contribution in [0.4, 0.5) is 0 Å². The molecule has 0 aromatic carbocycles. The number of hydrogen-bond acceptors (Lipinski definition) is 3. The van der Waals surface area contributed by atoms with E-state index in [-0.39, 0.29) is 0 Å². The molecule has 4 nitrogen and oxygen atoms in total. The van der Waals surface area contributed by atoms with Crippen LogP contribution in [-0.4, -0.2) is 28.5 Å². The highest BCUT2D eigenvalue weighted by Crippen LogP contribution is 2.13. The van der Waals surface area contributed by atoms with Crippen LogP contribution in [0.15, 0.2) is 12.3 Å². The van der Waals surface area contributed by atoms with Crippen LogP contribution in [0.25, 0.3) is 0 Å². The quantitative estimate of drug-likeness (QED) is 0.845. The molecule has 0 saturated carbocycles. The predicted molar refractivity (Wildman–Crippen MR) is 63.3 cm³/mol. The molecule has 16 heavy (non-hydrogen) atoms. The summed E-state index contributed by atoms with van der Waals surface area (Å²) in [7, 11) is 0. The minimum Gasteiger partial charge on any atom is -0.377 e. The van der Waals surface area contributed by atoms with E-state index in [1.54, 1.807) is 0 Å². The maximum absolute atomic E-state index is 5.51. The Morgan fingerprint density at radius 3 is 3.00 bits per heavy atom. The molecule has 1 aliphatic heterocycles. The topological polar surface area (TPSA) is 39.1 Å². The van der Waals surface area contributed by atoms with Gasteiger partial charge < -0.3 is 10.1 Å². The van der Waals surface area contributed by atoms with Crippen molar-refractivity contribution < 1.29 is 4.74 Å². The lowest BCUT2D eigenvalue weighted by molar-refractivity contribution is 0.113. The predicted octanol–water partition coefficient (Wildman–Crippen LogP) is 1.73. The number of nitrogens with zero attached hydrogens (tertiary/aromatic N) is 2. The fourth-order valence-corrected chi connectivity index (χ4v) is 1.99. The van der Waals surface area contributed by atoms with Gasteiger partial charge >= 0.3 is 0 Å². The average Bonchev–Trinajstić information content (AvgIpc) is 2.83. The van der Waals surface area contributed by atoms with E-state index in [1.807, 2.05) is 10.9 Å². The van der Waals surface area contributed by atoms with Gasteiger partial charge in [0.25, 0.3) is 0 Å². The molecule has 0 spiro atoms. The van der Waals surface area contributed by atoms with E-state index in [9.17, 15) is 0 Å². The number of hydrogen-bond donors (Lipinski definition) is 1. The van der Waals surface area contributed by atoms with Gasteiger partial charge in [-0.05, 0) is 33.3 Å². The normalized spacial score (nSPS) is 25.5. The maximum atomic E-state index is 5.51. The van der Waals surface area contributed by atoms with E-state index < -0.39 is 0 Å². The van der Waals surface area contributed by atoms with E-state index in [0.717, 1.165) is 25.3 Å². The van der Waals surface area contributed by atoms with Crippen molar-refractivity contribution in [1.82, 2.24) is 15.1 Å².